The Morgan fingerprint density at radius 2 is 1.74 bits per heavy atom. The Hall–Kier alpha value is -3.58. The topological polar surface area (TPSA) is 78.3 Å². The van der Waals surface area contributed by atoms with Gasteiger partial charge in [-0.05, 0) is 29.8 Å². The molecule has 0 radical (unpaired) electrons. The summed E-state index contributed by atoms with van der Waals surface area (Å²) in [6.45, 7) is 0.332. The summed E-state index contributed by atoms with van der Waals surface area (Å²) >= 11 is 0. The molecule has 3 aromatic rings. The van der Waals surface area contributed by atoms with Crippen LogP contribution in [0.15, 0.2) is 54.9 Å². The van der Waals surface area contributed by atoms with Crippen LogP contribution in [0.25, 0.3) is 12.2 Å². The molecule has 1 aliphatic rings. The third-order valence-electron chi connectivity index (χ3n) is 4.32. The standard InChI is InChI=1S/C20H15FN4O2/c21-16-7-8-18-14(9-16)6-5-13-3-1-2-4-17(13)25(18)12-19-22-10-15(11-23-19)20(26)24-27/h1-11,27H,12H2,(H,24,26). The van der Waals surface area contributed by atoms with Gasteiger partial charge in [0.15, 0.2) is 0 Å². The van der Waals surface area contributed by atoms with E-state index in [0.29, 0.717) is 12.4 Å². The number of hydrogen-bond acceptors (Lipinski definition) is 5. The van der Waals surface area contributed by atoms with Crippen molar-refractivity contribution >= 4 is 29.4 Å². The summed E-state index contributed by atoms with van der Waals surface area (Å²) in [5, 5.41) is 8.69. The molecule has 4 rings (SSSR count). The van der Waals surface area contributed by atoms with Gasteiger partial charge in [0.1, 0.15) is 11.6 Å². The number of nitrogens with one attached hydrogen (secondary N) is 1. The maximum absolute atomic E-state index is 13.7. The summed E-state index contributed by atoms with van der Waals surface area (Å²) in [5.74, 6) is -0.497. The molecule has 0 saturated carbocycles. The van der Waals surface area contributed by atoms with Gasteiger partial charge in [-0.1, -0.05) is 30.4 Å². The first-order valence-electron chi connectivity index (χ1n) is 8.25. The van der Waals surface area contributed by atoms with Crippen LogP contribution < -0.4 is 10.4 Å². The van der Waals surface area contributed by atoms with E-state index in [0.717, 1.165) is 22.5 Å². The smallest absolute Gasteiger partial charge is 0.277 e. The SMILES string of the molecule is O=C(NO)c1cnc(CN2c3ccccc3C=Cc3cc(F)ccc32)nc1. The summed E-state index contributed by atoms with van der Waals surface area (Å²) in [4.78, 5) is 21.9. The second-order valence-corrected chi connectivity index (χ2v) is 6.01. The third-order valence-corrected chi connectivity index (χ3v) is 4.32. The number of amides is 1. The molecule has 2 N–H and O–H groups in total. The molecule has 2 aromatic carbocycles. The Kier molecular flexibility index (Phi) is 4.35. The van der Waals surface area contributed by atoms with Crippen LogP contribution in [0.3, 0.4) is 0 Å². The van der Waals surface area contributed by atoms with Crippen molar-refractivity contribution in [2.75, 3.05) is 4.90 Å². The molecule has 0 saturated heterocycles. The lowest BCUT2D eigenvalue weighted by Gasteiger charge is -2.26. The molecule has 0 aliphatic carbocycles. The lowest BCUT2D eigenvalue weighted by Crippen LogP contribution is -2.21. The van der Waals surface area contributed by atoms with E-state index < -0.39 is 5.91 Å². The average molecular weight is 362 g/mol. The molecule has 6 nitrogen and oxygen atoms in total. The van der Waals surface area contributed by atoms with Crippen LogP contribution in [-0.2, 0) is 6.54 Å². The Labute approximate surface area is 154 Å². The Morgan fingerprint density at radius 1 is 1.04 bits per heavy atom. The second kappa shape index (κ2) is 6.97. The fourth-order valence-corrected chi connectivity index (χ4v) is 3.02. The van der Waals surface area contributed by atoms with Crippen molar-refractivity contribution in [1.82, 2.24) is 15.4 Å². The van der Waals surface area contributed by atoms with Crippen LogP contribution in [-0.4, -0.2) is 21.1 Å². The number of hydroxylamine groups is 1. The third kappa shape index (κ3) is 3.28. The zero-order chi connectivity index (χ0) is 18.8. The van der Waals surface area contributed by atoms with Crippen LogP contribution in [0.4, 0.5) is 15.8 Å². The van der Waals surface area contributed by atoms with Crippen molar-refractivity contribution in [2.24, 2.45) is 0 Å². The summed E-state index contributed by atoms with van der Waals surface area (Å²) in [6, 6.07) is 12.5. The van der Waals surface area contributed by atoms with Gasteiger partial charge in [-0.2, -0.15) is 0 Å². The first kappa shape index (κ1) is 16.9. The number of nitrogens with zero attached hydrogens (tertiary/aromatic N) is 3. The highest BCUT2D eigenvalue weighted by Gasteiger charge is 2.19. The monoisotopic (exact) mass is 362 g/mol. The van der Waals surface area contributed by atoms with E-state index in [1.165, 1.54) is 24.5 Å². The summed E-state index contributed by atoms with van der Waals surface area (Å²) < 4.78 is 13.7. The Morgan fingerprint density at radius 3 is 2.52 bits per heavy atom. The quantitative estimate of drug-likeness (QED) is 0.550. The Bertz CT molecular complexity index is 1030. The number of carbonyl (C=O) groups excluding carboxylic acids is 1. The van der Waals surface area contributed by atoms with Gasteiger partial charge in [-0.25, -0.2) is 19.8 Å². The number of benzene rings is 2. The number of aromatic nitrogens is 2. The van der Waals surface area contributed by atoms with Gasteiger partial charge in [0.2, 0.25) is 0 Å². The van der Waals surface area contributed by atoms with Crippen molar-refractivity contribution < 1.29 is 14.4 Å². The Balaban J connectivity index is 1.75. The summed E-state index contributed by atoms with van der Waals surface area (Å²) in [7, 11) is 0. The second-order valence-electron chi connectivity index (χ2n) is 6.01. The molecule has 1 amide bonds. The maximum atomic E-state index is 13.7. The largest absolute Gasteiger partial charge is 0.333 e. The van der Waals surface area contributed by atoms with Gasteiger partial charge in [-0.15, -0.1) is 0 Å². The minimum atomic E-state index is -0.674. The number of carbonyl (C=O) groups is 1. The number of anilines is 2. The molecule has 134 valence electrons. The van der Waals surface area contributed by atoms with Gasteiger partial charge >= 0.3 is 0 Å². The molecule has 2 heterocycles. The lowest BCUT2D eigenvalue weighted by molar-refractivity contribution is 0.0705. The first-order chi connectivity index (χ1) is 13.2. The van der Waals surface area contributed by atoms with Gasteiger partial charge in [0, 0.05) is 29.3 Å². The van der Waals surface area contributed by atoms with Crippen LogP contribution in [0.1, 0.15) is 27.3 Å². The minimum absolute atomic E-state index is 0.154. The molecule has 0 atom stereocenters. The molecule has 0 unspecified atom stereocenters. The molecule has 0 spiro atoms. The van der Waals surface area contributed by atoms with Crippen LogP contribution in [0.5, 0.6) is 0 Å². The predicted octanol–water partition coefficient (Wildman–Crippen LogP) is 3.56. The van der Waals surface area contributed by atoms with Crippen molar-refractivity contribution in [3.63, 3.8) is 0 Å². The average Bonchev–Trinajstić information content (AvgIpc) is 2.85. The van der Waals surface area contributed by atoms with E-state index in [2.05, 4.69) is 9.97 Å². The van der Waals surface area contributed by atoms with Crippen molar-refractivity contribution in [2.45, 2.75) is 6.54 Å². The molecule has 1 aromatic heterocycles. The summed E-state index contributed by atoms with van der Waals surface area (Å²) in [6.07, 6.45) is 6.53. The van der Waals surface area contributed by atoms with Gasteiger partial charge in [0.05, 0.1) is 12.1 Å². The van der Waals surface area contributed by atoms with E-state index in [1.807, 2.05) is 41.3 Å². The minimum Gasteiger partial charge on any atom is -0.333 e. The molecule has 0 bridgehead atoms. The van der Waals surface area contributed by atoms with E-state index in [4.69, 9.17) is 5.21 Å². The molecule has 27 heavy (non-hydrogen) atoms. The maximum Gasteiger partial charge on any atom is 0.277 e. The summed E-state index contributed by atoms with van der Waals surface area (Å²) in [5.41, 5.74) is 5.22. The molecule has 1 aliphatic heterocycles. The fraction of sp³-hybridized carbons (Fsp3) is 0.0500. The van der Waals surface area contributed by atoms with Gasteiger partial charge in [-0.3, -0.25) is 10.0 Å². The van der Waals surface area contributed by atoms with Crippen LogP contribution in [0, 0.1) is 5.82 Å². The van der Waals surface area contributed by atoms with Crippen molar-refractivity contribution in [3.05, 3.63) is 83.2 Å². The molecule has 7 heteroatoms. The molecular formula is C20H15FN4O2. The van der Waals surface area contributed by atoms with Crippen molar-refractivity contribution in [1.29, 1.82) is 0 Å². The number of para-hydroxylation sites is 1. The van der Waals surface area contributed by atoms with Crippen LogP contribution >= 0.6 is 0 Å². The predicted molar refractivity (Wildman–Crippen MR) is 98.9 cm³/mol. The number of rotatable bonds is 3. The van der Waals surface area contributed by atoms with E-state index in [1.54, 1.807) is 11.5 Å². The zero-order valence-corrected chi connectivity index (χ0v) is 14.1. The van der Waals surface area contributed by atoms with Crippen LogP contribution in [0.2, 0.25) is 0 Å². The van der Waals surface area contributed by atoms with E-state index in [9.17, 15) is 9.18 Å². The van der Waals surface area contributed by atoms with Gasteiger partial charge in [0.25, 0.3) is 5.91 Å². The molecular weight excluding hydrogens is 347 g/mol. The number of fused-ring (bicyclic) bond motifs is 2. The first-order valence-corrected chi connectivity index (χ1v) is 8.25. The van der Waals surface area contributed by atoms with Gasteiger partial charge < -0.3 is 4.90 Å². The fourth-order valence-electron chi connectivity index (χ4n) is 3.02. The van der Waals surface area contributed by atoms with Crippen molar-refractivity contribution in [3.8, 4) is 0 Å². The highest BCUT2D eigenvalue weighted by molar-refractivity contribution is 5.92. The highest BCUT2D eigenvalue weighted by atomic mass is 19.1. The molecule has 0 fully saturated rings. The number of halogens is 1. The normalized spacial score (nSPS) is 12.1. The van der Waals surface area contributed by atoms with E-state index in [-0.39, 0.29) is 11.4 Å². The zero-order valence-electron chi connectivity index (χ0n) is 14.1. The lowest BCUT2D eigenvalue weighted by atomic mass is 10.1. The number of hydrogen-bond donors (Lipinski definition) is 2. The van der Waals surface area contributed by atoms with E-state index >= 15 is 0 Å². The highest BCUT2D eigenvalue weighted by Crippen LogP contribution is 2.37.